The molecular formula is C26H42N2O8. The number of amides is 2. The van der Waals surface area contributed by atoms with Crippen molar-refractivity contribution in [2.45, 2.75) is 115 Å². The van der Waals surface area contributed by atoms with E-state index < -0.39 is 11.2 Å². The number of nitrogens with zero attached hydrogens (tertiary/aromatic N) is 2. The van der Waals surface area contributed by atoms with Gasteiger partial charge in [0, 0.05) is 24.2 Å². The summed E-state index contributed by atoms with van der Waals surface area (Å²) in [5, 5.41) is 0. The van der Waals surface area contributed by atoms with Crippen LogP contribution in [0.15, 0.2) is 0 Å². The van der Waals surface area contributed by atoms with Crippen LogP contribution in [0.3, 0.4) is 0 Å². The molecule has 0 unspecified atom stereocenters. The Hall–Kier alpha value is -2.52. The second kappa shape index (κ2) is 10.5. The SMILES string of the molecule is COC(=O)[C@@H]1C[C@H]2CC[C@@H]1N2C(=O)OC(C)(C)C.COC(=O)[C@H]1C[C@@H]2CC[C@H]1N2C(=O)OC(C)(C)C. The number of ether oxygens (including phenoxy) is 4. The van der Waals surface area contributed by atoms with Gasteiger partial charge in [-0.3, -0.25) is 9.59 Å². The van der Waals surface area contributed by atoms with Crippen molar-refractivity contribution in [1.29, 1.82) is 0 Å². The molecule has 0 aromatic carbocycles. The van der Waals surface area contributed by atoms with E-state index in [4.69, 9.17) is 18.9 Å². The summed E-state index contributed by atoms with van der Waals surface area (Å²) in [6.45, 7) is 11.1. The molecule has 4 aliphatic rings. The smallest absolute Gasteiger partial charge is 0.410 e. The van der Waals surface area contributed by atoms with Gasteiger partial charge in [-0.05, 0) is 80.1 Å². The highest BCUT2D eigenvalue weighted by Crippen LogP contribution is 2.44. The van der Waals surface area contributed by atoms with Crippen molar-refractivity contribution in [3.63, 3.8) is 0 Å². The quantitative estimate of drug-likeness (QED) is 0.406. The average Bonchev–Trinajstić information content (AvgIpc) is 3.54. The summed E-state index contributed by atoms with van der Waals surface area (Å²) in [6.07, 6.45) is 4.44. The van der Waals surface area contributed by atoms with Gasteiger partial charge in [0.15, 0.2) is 0 Å². The molecule has 0 aliphatic carbocycles. The fourth-order valence-corrected chi connectivity index (χ4v) is 5.99. The van der Waals surface area contributed by atoms with Gasteiger partial charge in [-0.25, -0.2) is 9.59 Å². The Labute approximate surface area is 213 Å². The van der Waals surface area contributed by atoms with Gasteiger partial charge in [0.05, 0.1) is 26.1 Å². The van der Waals surface area contributed by atoms with Crippen molar-refractivity contribution in [2.24, 2.45) is 11.8 Å². The molecule has 0 saturated carbocycles. The zero-order valence-electron chi connectivity index (χ0n) is 22.9. The average molecular weight is 511 g/mol. The Morgan fingerprint density at radius 2 is 0.944 bits per heavy atom. The molecule has 2 amide bonds. The summed E-state index contributed by atoms with van der Waals surface area (Å²) in [7, 11) is 2.79. The molecule has 4 aliphatic heterocycles. The molecule has 0 spiro atoms. The van der Waals surface area contributed by atoms with Gasteiger partial charge in [0.2, 0.25) is 0 Å². The number of hydrogen-bond donors (Lipinski definition) is 0. The van der Waals surface area contributed by atoms with E-state index in [-0.39, 0.29) is 60.1 Å². The lowest BCUT2D eigenvalue weighted by molar-refractivity contribution is -0.147. The fourth-order valence-electron chi connectivity index (χ4n) is 5.99. The second-order valence-corrected chi connectivity index (χ2v) is 12.1. The molecule has 4 bridgehead atoms. The van der Waals surface area contributed by atoms with Gasteiger partial charge >= 0.3 is 24.1 Å². The van der Waals surface area contributed by atoms with Crippen LogP contribution < -0.4 is 0 Å². The molecule has 0 N–H and O–H groups in total. The normalized spacial score (nSPS) is 30.4. The first kappa shape index (κ1) is 28.1. The van der Waals surface area contributed by atoms with E-state index >= 15 is 0 Å². The van der Waals surface area contributed by atoms with E-state index in [0.717, 1.165) is 25.7 Å². The van der Waals surface area contributed by atoms with E-state index in [1.165, 1.54) is 14.2 Å². The highest BCUT2D eigenvalue weighted by atomic mass is 16.6. The molecule has 204 valence electrons. The van der Waals surface area contributed by atoms with Gasteiger partial charge < -0.3 is 28.7 Å². The summed E-state index contributed by atoms with van der Waals surface area (Å²) >= 11 is 0. The lowest BCUT2D eigenvalue weighted by Crippen LogP contribution is -2.41. The van der Waals surface area contributed by atoms with E-state index in [1.807, 2.05) is 41.5 Å². The Kier molecular flexibility index (Phi) is 8.15. The zero-order valence-corrected chi connectivity index (χ0v) is 22.9. The number of fused-ring (bicyclic) bond motifs is 4. The Morgan fingerprint density at radius 1 is 0.611 bits per heavy atom. The molecule has 4 rings (SSSR count). The number of rotatable bonds is 2. The van der Waals surface area contributed by atoms with E-state index in [2.05, 4.69) is 0 Å². The van der Waals surface area contributed by atoms with E-state index in [1.54, 1.807) is 9.80 Å². The third-order valence-corrected chi connectivity index (χ3v) is 7.29. The number of methoxy groups -OCH3 is 2. The van der Waals surface area contributed by atoms with E-state index in [9.17, 15) is 19.2 Å². The minimum Gasteiger partial charge on any atom is -0.469 e. The Bertz CT molecular complexity index is 791. The summed E-state index contributed by atoms with van der Waals surface area (Å²) in [4.78, 5) is 51.1. The molecule has 10 heteroatoms. The van der Waals surface area contributed by atoms with Crippen molar-refractivity contribution in [3.05, 3.63) is 0 Å². The summed E-state index contributed by atoms with van der Waals surface area (Å²) < 4.78 is 20.4. The standard InChI is InChI=1S/2C13H21NO4/c2*1-13(2,3)18-12(16)14-8-5-6-10(14)9(7-8)11(15)17-4/h2*8-10H,5-7H2,1-4H3/t2*8-,9-,10+/m10/s1. The molecule has 4 heterocycles. The summed E-state index contributed by atoms with van der Waals surface area (Å²) in [5.41, 5.74) is -1.00. The van der Waals surface area contributed by atoms with Gasteiger partial charge in [-0.1, -0.05) is 0 Å². The summed E-state index contributed by atoms with van der Waals surface area (Å²) in [6, 6.07) is 0.178. The first-order chi connectivity index (χ1) is 16.7. The van der Waals surface area contributed by atoms with E-state index in [0.29, 0.717) is 12.8 Å². The minimum absolute atomic E-state index is 0.0442. The van der Waals surface area contributed by atoms with Crippen molar-refractivity contribution in [2.75, 3.05) is 14.2 Å². The minimum atomic E-state index is -0.500. The van der Waals surface area contributed by atoms with Crippen LogP contribution >= 0.6 is 0 Å². The van der Waals surface area contributed by atoms with Crippen LogP contribution in [-0.2, 0) is 28.5 Å². The van der Waals surface area contributed by atoms with Crippen molar-refractivity contribution in [1.82, 2.24) is 9.80 Å². The van der Waals surface area contributed by atoms with Crippen LogP contribution in [0.4, 0.5) is 9.59 Å². The second-order valence-electron chi connectivity index (χ2n) is 12.1. The molecule has 4 saturated heterocycles. The largest absolute Gasteiger partial charge is 0.469 e. The number of carbonyl (C=O) groups is 4. The van der Waals surface area contributed by atoms with Gasteiger partial charge in [-0.2, -0.15) is 0 Å². The molecule has 0 aromatic rings. The maximum Gasteiger partial charge on any atom is 0.410 e. The highest BCUT2D eigenvalue weighted by Gasteiger charge is 2.54. The van der Waals surface area contributed by atoms with Gasteiger partial charge in [-0.15, -0.1) is 0 Å². The predicted molar refractivity (Wildman–Crippen MR) is 130 cm³/mol. The molecule has 0 radical (unpaired) electrons. The molecule has 6 atom stereocenters. The van der Waals surface area contributed by atoms with Crippen LogP contribution in [-0.4, -0.2) is 83.5 Å². The monoisotopic (exact) mass is 510 g/mol. The maximum absolute atomic E-state index is 12.1. The third kappa shape index (κ3) is 6.06. The topological polar surface area (TPSA) is 112 Å². The Morgan fingerprint density at radius 3 is 1.22 bits per heavy atom. The Balaban J connectivity index is 0.000000201. The van der Waals surface area contributed by atoms with Gasteiger partial charge in [0.25, 0.3) is 0 Å². The molecule has 36 heavy (non-hydrogen) atoms. The molecule has 10 nitrogen and oxygen atoms in total. The van der Waals surface area contributed by atoms with Crippen molar-refractivity contribution < 1.29 is 38.1 Å². The molecular weight excluding hydrogens is 468 g/mol. The first-order valence-electron chi connectivity index (χ1n) is 12.8. The maximum atomic E-state index is 12.1. The van der Waals surface area contributed by atoms with Crippen molar-refractivity contribution >= 4 is 24.1 Å². The number of carbonyl (C=O) groups excluding carboxylic acids is 4. The first-order valence-corrected chi connectivity index (χ1v) is 12.8. The van der Waals surface area contributed by atoms with Crippen LogP contribution in [0.2, 0.25) is 0 Å². The number of hydrogen-bond acceptors (Lipinski definition) is 8. The fraction of sp³-hybridized carbons (Fsp3) is 0.846. The summed E-state index contributed by atoms with van der Waals surface area (Å²) in [5.74, 6) is -0.783. The van der Waals surface area contributed by atoms with Crippen LogP contribution in [0.1, 0.15) is 80.1 Å². The van der Waals surface area contributed by atoms with Gasteiger partial charge in [0.1, 0.15) is 11.2 Å². The predicted octanol–water partition coefficient (Wildman–Crippen LogP) is 3.89. The molecule has 4 fully saturated rings. The zero-order chi connectivity index (χ0) is 27.0. The lowest BCUT2D eigenvalue weighted by atomic mass is 9.89. The third-order valence-electron chi connectivity index (χ3n) is 7.29. The highest BCUT2D eigenvalue weighted by molar-refractivity contribution is 5.78. The van der Waals surface area contributed by atoms with Crippen LogP contribution in [0.25, 0.3) is 0 Å². The van der Waals surface area contributed by atoms with Crippen LogP contribution in [0, 0.1) is 11.8 Å². The van der Waals surface area contributed by atoms with Crippen LogP contribution in [0.5, 0.6) is 0 Å². The van der Waals surface area contributed by atoms with Crippen molar-refractivity contribution in [3.8, 4) is 0 Å². The lowest BCUT2D eigenvalue weighted by Gasteiger charge is -2.27. The molecule has 0 aromatic heterocycles. The number of esters is 2.